The molecule has 0 heterocycles. The predicted octanol–water partition coefficient (Wildman–Crippen LogP) is 7.84. The van der Waals surface area contributed by atoms with Gasteiger partial charge in [-0.2, -0.15) is 5.10 Å². The molecule has 0 aliphatic heterocycles. The Morgan fingerprint density at radius 3 is 2.05 bits per heavy atom. The smallest absolute Gasteiger partial charge is 0.343 e. The maximum absolute atomic E-state index is 12.7. The first kappa shape index (κ1) is 31.3. The third-order valence-electron chi connectivity index (χ3n) is 6.19. The van der Waals surface area contributed by atoms with Crippen molar-refractivity contribution in [2.75, 3.05) is 14.2 Å². The van der Waals surface area contributed by atoms with E-state index >= 15 is 0 Å². The van der Waals surface area contributed by atoms with E-state index < -0.39 is 5.97 Å². The van der Waals surface area contributed by atoms with Crippen molar-refractivity contribution in [3.05, 3.63) is 52.0 Å². The third-order valence-corrected chi connectivity index (χ3v) is 6.69. The maximum atomic E-state index is 12.7. The molecule has 0 radical (unpaired) electrons. The number of esters is 1. The number of methoxy groups -OCH3 is 2. The van der Waals surface area contributed by atoms with Gasteiger partial charge in [-0.05, 0) is 42.8 Å². The van der Waals surface area contributed by atoms with Crippen LogP contribution in [0.2, 0.25) is 0 Å². The minimum atomic E-state index is -0.552. The standard InChI is InChI=1S/C30H41BrN2O5/c1-4-5-6-7-8-9-10-11-12-13-14-15-29(34)33-32-22-24-20-25(31)17-19-26(24)38-30(35)23-16-18-27(36-2)28(21-23)37-3/h16-22H,4-15H2,1-3H3,(H,33,34)/b32-22+. The molecule has 2 aromatic rings. The highest BCUT2D eigenvalue weighted by atomic mass is 79.9. The lowest BCUT2D eigenvalue weighted by Crippen LogP contribution is -2.17. The molecule has 7 nitrogen and oxygen atoms in total. The van der Waals surface area contributed by atoms with Gasteiger partial charge in [0.2, 0.25) is 5.91 Å². The Bertz CT molecular complexity index is 1040. The Morgan fingerprint density at radius 2 is 1.42 bits per heavy atom. The van der Waals surface area contributed by atoms with E-state index in [1.165, 1.54) is 78.2 Å². The zero-order valence-electron chi connectivity index (χ0n) is 22.9. The molecule has 0 fully saturated rings. The molecule has 1 N–H and O–H groups in total. The van der Waals surface area contributed by atoms with Gasteiger partial charge in [-0.1, -0.05) is 87.1 Å². The summed E-state index contributed by atoms with van der Waals surface area (Å²) in [6.45, 7) is 2.24. The van der Waals surface area contributed by atoms with Gasteiger partial charge in [-0.3, -0.25) is 4.79 Å². The van der Waals surface area contributed by atoms with Crippen LogP contribution in [0.15, 0.2) is 46.0 Å². The molecule has 8 heteroatoms. The molecule has 0 atom stereocenters. The fourth-order valence-corrected chi connectivity index (χ4v) is 4.39. The van der Waals surface area contributed by atoms with Crippen LogP contribution in [0.25, 0.3) is 0 Å². The Balaban J connectivity index is 1.77. The van der Waals surface area contributed by atoms with Crippen LogP contribution < -0.4 is 19.6 Å². The van der Waals surface area contributed by atoms with Crippen LogP contribution in [0.1, 0.15) is 99.9 Å². The molecule has 0 aliphatic carbocycles. The van der Waals surface area contributed by atoms with E-state index in [4.69, 9.17) is 14.2 Å². The fourth-order valence-electron chi connectivity index (χ4n) is 4.01. The van der Waals surface area contributed by atoms with Crippen molar-refractivity contribution in [2.45, 2.75) is 84.0 Å². The van der Waals surface area contributed by atoms with Crippen molar-refractivity contribution in [1.82, 2.24) is 5.43 Å². The van der Waals surface area contributed by atoms with Crippen molar-refractivity contribution in [1.29, 1.82) is 0 Å². The monoisotopic (exact) mass is 588 g/mol. The average Bonchev–Trinajstić information content (AvgIpc) is 2.92. The van der Waals surface area contributed by atoms with Gasteiger partial charge in [-0.25, -0.2) is 10.2 Å². The number of amides is 1. The van der Waals surface area contributed by atoms with Gasteiger partial charge in [0.15, 0.2) is 11.5 Å². The van der Waals surface area contributed by atoms with Crippen molar-refractivity contribution < 1.29 is 23.8 Å². The molecule has 0 bridgehead atoms. The van der Waals surface area contributed by atoms with Crippen molar-refractivity contribution in [2.24, 2.45) is 5.10 Å². The molecule has 208 valence electrons. The normalized spacial score (nSPS) is 10.9. The molecule has 0 spiro atoms. The van der Waals surface area contributed by atoms with Crippen molar-refractivity contribution >= 4 is 34.0 Å². The molecule has 0 saturated heterocycles. The number of hydrogen-bond donors (Lipinski definition) is 1. The van der Waals surface area contributed by atoms with Gasteiger partial charge in [0.1, 0.15) is 5.75 Å². The summed E-state index contributed by atoms with van der Waals surface area (Å²) in [5, 5.41) is 4.07. The largest absolute Gasteiger partial charge is 0.493 e. The van der Waals surface area contributed by atoms with Crippen LogP contribution in [0.3, 0.4) is 0 Å². The highest BCUT2D eigenvalue weighted by Gasteiger charge is 2.15. The first-order chi connectivity index (χ1) is 18.5. The number of benzene rings is 2. The lowest BCUT2D eigenvalue weighted by Gasteiger charge is -2.11. The summed E-state index contributed by atoms with van der Waals surface area (Å²) < 4.78 is 16.9. The number of hydrazone groups is 1. The van der Waals surface area contributed by atoms with E-state index in [2.05, 4.69) is 33.4 Å². The first-order valence-electron chi connectivity index (χ1n) is 13.5. The Labute approximate surface area is 235 Å². The Kier molecular flexibility index (Phi) is 15.2. The molecule has 0 aliphatic rings. The minimum absolute atomic E-state index is 0.129. The van der Waals surface area contributed by atoms with Crippen LogP contribution in [0.4, 0.5) is 0 Å². The van der Waals surface area contributed by atoms with Gasteiger partial charge in [-0.15, -0.1) is 0 Å². The van der Waals surface area contributed by atoms with Gasteiger partial charge in [0.05, 0.1) is 26.0 Å². The zero-order chi connectivity index (χ0) is 27.6. The lowest BCUT2D eigenvalue weighted by atomic mass is 10.1. The Hall–Kier alpha value is -2.87. The summed E-state index contributed by atoms with van der Waals surface area (Å²) in [5.41, 5.74) is 3.43. The Morgan fingerprint density at radius 1 is 0.816 bits per heavy atom. The molecule has 2 rings (SSSR count). The number of carbonyl (C=O) groups is 2. The number of halogens is 1. The lowest BCUT2D eigenvalue weighted by molar-refractivity contribution is -0.121. The highest BCUT2D eigenvalue weighted by Crippen LogP contribution is 2.29. The van der Waals surface area contributed by atoms with E-state index in [1.807, 2.05) is 0 Å². The summed E-state index contributed by atoms with van der Waals surface area (Å²) in [5.74, 6) is 0.584. The first-order valence-corrected chi connectivity index (χ1v) is 14.3. The second-order valence-electron chi connectivity index (χ2n) is 9.22. The van der Waals surface area contributed by atoms with E-state index in [0.29, 0.717) is 34.8 Å². The van der Waals surface area contributed by atoms with Crippen molar-refractivity contribution in [3.8, 4) is 17.2 Å². The van der Waals surface area contributed by atoms with E-state index in [9.17, 15) is 9.59 Å². The summed E-state index contributed by atoms with van der Waals surface area (Å²) in [6, 6.07) is 9.99. The molecular formula is C30H41BrN2O5. The average molecular weight is 590 g/mol. The van der Waals surface area contributed by atoms with Gasteiger partial charge in [0.25, 0.3) is 0 Å². The zero-order valence-corrected chi connectivity index (χ0v) is 24.5. The number of nitrogens with one attached hydrogen (secondary N) is 1. The highest BCUT2D eigenvalue weighted by molar-refractivity contribution is 9.10. The van der Waals surface area contributed by atoms with Crippen LogP contribution in [0, 0.1) is 0 Å². The van der Waals surface area contributed by atoms with Crippen LogP contribution in [0.5, 0.6) is 17.2 Å². The number of unbranched alkanes of at least 4 members (excludes halogenated alkanes) is 10. The second-order valence-corrected chi connectivity index (χ2v) is 10.1. The van der Waals surface area contributed by atoms with Gasteiger partial charge < -0.3 is 14.2 Å². The molecule has 2 aromatic carbocycles. The topological polar surface area (TPSA) is 86.2 Å². The van der Waals surface area contributed by atoms with Crippen LogP contribution in [-0.2, 0) is 4.79 Å². The van der Waals surface area contributed by atoms with Gasteiger partial charge in [0, 0.05) is 16.5 Å². The number of rotatable bonds is 18. The predicted molar refractivity (Wildman–Crippen MR) is 155 cm³/mol. The summed E-state index contributed by atoms with van der Waals surface area (Å²) in [7, 11) is 3.03. The van der Waals surface area contributed by atoms with E-state index in [0.717, 1.165) is 17.3 Å². The quantitative estimate of drug-likeness (QED) is 0.0630. The molecule has 0 unspecified atom stereocenters. The molecule has 38 heavy (non-hydrogen) atoms. The molecular weight excluding hydrogens is 548 g/mol. The van der Waals surface area contributed by atoms with Crippen LogP contribution in [-0.4, -0.2) is 32.3 Å². The molecule has 0 saturated carbocycles. The SMILES string of the molecule is CCCCCCCCCCCCCC(=O)N/N=C/c1cc(Br)ccc1OC(=O)c1ccc(OC)c(OC)c1. The third kappa shape index (κ3) is 11.7. The van der Waals surface area contributed by atoms with Crippen molar-refractivity contribution in [3.63, 3.8) is 0 Å². The minimum Gasteiger partial charge on any atom is -0.493 e. The van der Waals surface area contributed by atoms with E-state index in [-0.39, 0.29) is 5.91 Å². The molecule has 0 aromatic heterocycles. The summed E-state index contributed by atoms with van der Waals surface area (Å²) >= 11 is 3.42. The fraction of sp³-hybridized carbons (Fsp3) is 0.500. The number of ether oxygens (including phenoxy) is 3. The number of carbonyl (C=O) groups excluding carboxylic acids is 2. The van der Waals surface area contributed by atoms with Gasteiger partial charge >= 0.3 is 5.97 Å². The number of hydrogen-bond acceptors (Lipinski definition) is 6. The second kappa shape index (κ2) is 18.4. The maximum Gasteiger partial charge on any atom is 0.343 e. The van der Waals surface area contributed by atoms with E-state index in [1.54, 1.807) is 36.4 Å². The summed E-state index contributed by atoms with van der Waals surface area (Å²) in [4.78, 5) is 24.9. The molecule has 1 amide bonds. The number of nitrogens with zero attached hydrogens (tertiary/aromatic N) is 1. The van der Waals surface area contributed by atoms with Crippen LogP contribution >= 0.6 is 15.9 Å². The summed E-state index contributed by atoms with van der Waals surface area (Å²) in [6.07, 6.45) is 15.5.